The Hall–Kier alpha value is -4.18. The van der Waals surface area contributed by atoms with Crippen molar-refractivity contribution in [2.75, 3.05) is 18.5 Å². The van der Waals surface area contributed by atoms with E-state index in [1.54, 1.807) is 12.3 Å². The van der Waals surface area contributed by atoms with Crippen LogP contribution >= 0.6 is 11.3 Å². The Bertz CT molecular complexity index is 1470. The van der Waals surface area contributed by atoms with Gasteiger partial charge in [-0.1, -0.05) is 53.8 Å². The molecule has 3 N–H and O–H groups in total. The van der Waals surface area contributed by atoms with E-state index in [0.29, 0.717) is 17.1 Å². The van der Waals surface area contributed by atoms with Gasteiger partial charge >= 0.3 is 0 Å². The Morgan fingerprint density at radius 3 is 2.61 bits per heavy atom. The van der Waals surface area contributed by atoms with E-state index in [1.165, 1.54) is 17.4 Å². The van der Waals surface area contributed by atoms with Crippen LogP contribution < -0.4 is 10.1 Å². The van der Waals surface area contributed by atoms with Gasteiger partial charge in [-0.15, -0.1) is 0 Å². The fourth-order valence-electron chi connectivity index (χ4n) is 3.56. The molecule has 0 aliphatic rings. The molecule has 8 nitrogen and oxygen atoms in total. The van der Waals surface area contributed by atoms with Gasteiger partial charge in [0.25, 0.3) is 5.91 Å². The van der Waals surface area contributed by atoms with Gasteiger partial charge in [0.2, 0.25) is 0 Å². The lowest BCUT2D eigenvalue weighted by molar-refractivity contribution is 0.0535. The third-order valence-electron chi connectivity index (χ3n) is 5.33. The number of pyridine rings is 2. The first-order chi connectivity index (χ1) is 17.6. The van der Waals surface area contributed by atoms with E-state index in [9.17, 15) is 9.90 Å². The second kappa shape index (κ2) is 10.6. The van der Waals surface area contributed by atoms with Crippen molar-refractivity contribution in [1.29, 1.82) is 0 Å². The summed E-state index contributed by atoms with van der Waals surface area (Å²) in [7, 11) is 0. The molecule has 3 aromatic heterocycles. The van der Waals surface area contributed by atoms with Crippen LogP contribution in [0.1, 0.15) is 10.5 Å². The zero-order valence-corrected chi connectivity index (χ0v) is 19.9. The SMILES string of the molecule is O=C(Nc1ccccc1-c1nc2cccnc2s1)c1cc(OC[C@@H](O)CO)cc(-c2ccccc2)n1. The minimum atomic E-state index is -1.04. The molecule has 0 unspecified atom stereocenters. The van der Waals surface area contributed by atoms with Gasteiger partial charge in [-0.05, 0) is 24.3 Å². The zero-order chi connectivity index (χ0) is 24.9. The molecular formula is C27H22N4O4S. The number of rotatable bonds is 8. The number of hydrogen-bond donors (Lipinski definition) is 3. The number of aliphatic hydroxyl groups is 2. The smallest absolute Gasteiger partial charge is 0.274 e. The fourth-order valence-corrected chi connectivity index (χ4v) is 4.50. The van der Waals surface area contributed by atoms with Crippen LogP contribution in [-0.2, 0) is 0 Å². The molecule has 2 aromatic carbocycles. The maximum Gasteiger partial charge on any atom is 0.274 e. The molecule has 3 heterocycles. The number of nitrogens with one attached hydrogen (secondary N) is 1. The summed E-state index contributed by atoms with van der Waals surface area (Å²) in [6, 6.07) is 23.8. The Morgan fingerprint density at radius 1 is 1.00 bits per heavy atom. The number of amides is 1. The Labute approximate surface area is 210 Å². The molecule has 1 amide bonds. The molecule has 0 radical (unpaired) electrons. The van der Waals surface area contributed by atoms with Gasteiger partial charge in [-0.25, -0.2) is 15.0 Å². The first-order valence-electron chi connectivity index (χ1n) is 11.2. The third-order valence-corrected chi connectivity index (χ3v) is 6.34. The highest BCUT2D eigenvalue weighted by Crippen LogP contribution is 2.34. The molecule has 180 valence electrons. The highest BCUT2D eigenvalue weighted by atomic mass is 32.1. The molecule has 0 aliphatic carbocycles. The summed E-state index contributed by atoms with van der Waals surface area (Å²) in [4.78, 5) is 27.8. The second-order valence-electron chi connectivity index (χ2n) is 7.93. The number of thiazole rings is 1. The Morgan fingerprint density at radius 2 is 1.81 bits per heavy atom. The summed E-state index contributed by atoms with van der Waals surface area (Å²) < 4.78 is 5.64. The molecule has 0 spiro atoms. The van der Waals surface area contributed by atoms with Crippen molar-refractivity contribution in [1.82, 2.24) is 15.0 Å². The van der Waals surface area contributed by atoms with Crippen molar-refractivity contribution in [3.63, 3.8) is 0 Å². The molecule has 0 bridgehead atoms. The number of anilines is 1. The number of aromatic nitrogens is 3. The van der Waals surface area contributed by atoms with Gasteiger partial charge < -0.3 is 20.3 Å². The van der Waals surface area contributed by atoms with Crippen molar-refractivity contribution in [3.8, 4) is 27.6 Å². The van der Waals surface area contributed by atoms with E-state index < -0.39 is 18.6 Å². The third kappa shape index (κ3) is 5.23. The fraction of sp³-hybridized carbons (Fsp3) is 0.111. The van der Waals surface area contributed by atoms with E-state index >= 15 is 0 Å². The summed E-state index contributed by atoms with van der Waals surface area (Å²) in [5, 5.41) is 22.5. The number of carbonyl (C=O) groups is 1. The summed E-state index contributed by atoms with van der Waals surface area (Å²) >= 11 is 1.45. The van der Waals surface area contributed by atoms with Crippen molar-refractivity contribution < 1.29 is 19.7 Å². The lowest BCUT2D eigenvalue weighted by Gasteiger charge is -2.14. The zero-order valence-electron chi connectivity index (χ0n) is 19.0. The molecular weight excluding hydrogens is 476 g/mol. The highest BCUT2D eigenvalue weighted by Gasteiger charge is 2.17. The Balaban J connectivity index is 1.47. The Kier molecular flexibility index (Phi) is 6.94. The maximum atomic E-state index is 13.4. The molecule has 36 heavy (non-hydrogen) atoms. The van der Waals surface area contributed by atoms with E-state index in [-0.39, 0.29) is 12.3 Å². The first kappa shape index (κ1) is 23.6. The maximum absolute atomic E-state index is 13.4. The van der Waals surface area contributed by atoms with Crippen LogP contribution in [0.4, 0.5) is 5.69 Å². The van der Waals surface area contributed by atoms with Crippen LogP contribution in [0.2, 0.25) is 0 Å². The normalized spacial score (nSPS) is 11.8. The number of hydrogen-bond acceptors (Lipinski definition) is 8. The number of aliphatic hydroxyl groups excluding tert-OH is 2. The van der Waals surface area contributed by atoms with Gasteiger partial charge in [0.15, 0.2) is 0 Å². The second-order valence-corrected chi connectivity index (χ2v) is 8.91. The molecule has 0 aliphatic heterocycles. The summed E-state index contributed by atoms with van der Waals surface area (Å²) in [5.74, 6) is -0.0703. The number of para-hydroxylation sites is 1. The predicted octanol–water partition coefficient (Wildman–Crippen LogP) is 4.40. The largest absolute Gasteiger partial charge is 0.491 e. The van der Waals surface area contributed by atoms with Crippen molar-refractivity contribution >= 4 is 33.3 Å². The number of ether oxygens (including phenoxy) is 1. The van der Waals surface area contributed by atoms with Gasteiger partial charge in [-0.3, -0.25) is 4.79 Å². The summed E-state index contributed by atoms with van der Waals surface area (Å²) in [5.41, 5.74) is 3.65. The van der Waals surface area contributed by atoms with Crippen molar-refractivity contribution in [3.05, 3.63) is 90.8 Å². The monoisotopic (exact) mass is 498 g/mol. The average Bonchev–Trinajstić information content (AvgIpc) is 3.36. The van der Waals surface area contributed by atoms with Crippen LogP contribution in [0.15, 0.2) is 85.1 Å². The number of fused-ring (bicyclic) bond motifs is 1. The predicted molar refractivity (Wildman–Crippen MR) is 139 cm³/mol. The van der Waals surface area contributed by atoms with Gasteiger partial charge in [0.05, 0.1) is 18.0 Å². The number of carbonyl (C=O) groups excluding carboxylic acids is 1. The highest BCUT2D eigenvalue weighted by molar-refractivity contribution is 7.21. The lowest BCUT2D eigenvalue weighted by Crippen LogP contribution is -2.21. The molecule has 0 saturated heterocycles. The molecule has 5 rings (SSSR count). The topological polar surface area (TPSA) is 117 Å². The van der Waals surface area contributed by atoms with Crippen LogP contribution in [-0.4, -0.2) is 50.4 Å². The molecule has 1 atom stereocenters. The van der Waals surface area contributed by atoms with Crippen molar-refractivity contribution in [2.45, 2.75) is 6.10 Å². The van der Waals surface area contributed by atoms with E-state index in [4.69, 9.17) is 9.84 Å². The number of nitrogens with zero attached hydrogens (tertiary/aromatic N) is 3. The van der Waals surface area contributed by atoms with Crippen LogP contribution in [0.25, 0.3) is 32.2 Å². The van der Waals surface area contributed by atoms with Gasteiger partial charge in [-0.2, -0.15) is 0 Å². The van der Waals surface area contributed by atoms with E-state index in [0.717, 1.165) is 26.5 Å². The van der Waals surface area contributed by atoms with Crippen LogP contribution in [0.3, 0.4) is 0 Å². The minimum Gasteiger partial charge on any atom is -0.491 e. The van der Waals surface area contributed by atoms with Crippen LogP contribution in [0.5, 0.6) is 5.75 Å². The minimum absolute atomic E-state index is 0.121. The quantitative estimate of drug-likeness (QED) is 0.290. The summed E-state index contributed by atoms with van der Waals surface area (Å²) in [6.45, 7) is -0.549. The molecule has 5 aromatic rings. The van der Waals surface area contributed by atoms with Crippen LogP contribution in [0, 0.1) is 0 Å². The van der Waals surface area contributed by atoms with Crippen molar-refractivity contribution in [2.24, 2.45) is 0 Å². The van der Waals surface area contributed by atoms with Gasteiger partial charge in [0.1, 0.15) is 39.5 Å². The molecule has 9 heteroatoms. The average molecular weight is 499 g/mol. The summed E-state index contributed by atoms with van der Waals surface area (Å²) in [6.07, 6.45) is 0.688. The first-order valence-corrected chi connectivity index (χ1v) is 12.0. The van der Waals surface area contributed by atoms with E-state index in [1.807, 2.05) is 66.7 Å². The lowest BCUT2D eigenvalue weighted by atomic mass is 10.1. The van der Waals surface area contributed by atoms with E-state index in [2.05, 4.69) is 20.3 Å². The number of benzene rings is 2. The van der Waals surface area contributed by atoms with Gasteiger partial charge in [0, 0.05) is 29.5 Å². The molecule has 0 fully saturated rings. The standard InChI is InChI=1S/C27H22N4O4S/c32-15-18(33)16-35-19-13-23(17-7-2-1-3-8-17)29-24(14-19)25(34)30-21-10-5-4-9-20(21)26-31-22-11-6-12-28-27(22)36-26/h1-14,18,32-33H,15-16H2,(H,30,34)/t18-/m0/s1. The molecule has 0 saturated carbocycles.